The second-order valence-corrected chi connectivity index (χ2v) is 8.33. The Kier molecular flexibility index (Phi) is 4.33. The first-order valence-corrected chi connectivity index (χ1v) is 10.4. The van der Waals surface area contributed by atoms with Gasteiger partial charge in [0, 0.05) is 23.2 Å². The lowest BCUT2D eigenvalue weighted by atomic mass is 9.94. The number of hydrogen-bond donors (Lipinski definition) is 0. The maximum Gasteiger partial charge on any atom is 0.292 e. The van der Waals surface area contributed by atoms with Gasteiger partial charge in [0.05, 0.1) is 18.9 Å². The van der Waals surface area contributed by atoms with Crippen molar-refractivity contribution in [2.75, 3.05) is 24.7 Å². The molecule has 1 saturated carbocycles. The van der Waals surface area contributed by atoms with E-state index < -0.39 is 5.79 Å². The molecule has 5 heteroatoms. The third-order valence-electron chi connectivity index (χ3n) is 6.32. The zero-order valence-electron chi connectivity index (χ0n) is 16.9. The number of benzene rings is 2. The number of carbonyl (C=O) groups excluding carboxylic acids is 2. The van der Waals surface area contributed by atoms with Gasteiger partial charge in [0.25, 0.3) is 11.7 Å². The van der Waals surface area contributed by atoms with Crippen molar-refractivity contribution in [2.24, 2.45) is 5.92 Å². The number of nitrogens with zero attached hydrogens (tertiary/aromatic N) is 1. The average molecular weight is 391 g/mol. The van der Waals surface area contributed by atoms with Crippen molar-refractivity contribution in [1.29, 1.82) is 0 Å². The molecule has 2 aromatic carbocycles. The Labute approximate surface area is 170 Å². The third-order valence-corrected chi connectivity index (χ3v) is 6.32. The quantitative estimate of drug-likeness (QED) is 0.742. The molecule has 5 nitrogen and oxygen atoms in total. The van der Waals surface area contributed by atoms with Crippen molar-refractivity contribution >= 4 is 17.4 Å². The Hall–Kier alpha value is -2.50. The minimum atomic E-state index is -1.40. The summed E-state index contributed by atoms with van der Waals surface area (Å²) in [5, 5.41) is 0. The maximum absolute atomic E-state index is 13.3. The SMILES string of the molecule is Cc1cccc(C(=O)c2ccc3c(c2)C2(OCCCO2)C(=O)N3CC2CC2)c1C. The van der Waals surface area contributed by atoms with E-state index in [1.165, 1.54) is 0 Å². The summed E-state index contributed by atoms with van der Waals surface area (Å²) in [6, 6.07) is 11.3. The molecule has 2 fully saturated rings. The van der Waals surface area contributed by atoms with E-state index in [0.717, 1.165) is 36.1 Å². The number of rotatable bonds is 4. The molecule has 1 amide bonds. The number of ether oxygens (including phenoxy) is 2. The molecular weight excluding hydrogens is 366 g/mol. The highest BCUT2D eigenvalue weighted by Crippen LogP contribution is 2.47. The van der Waals surface area contributed by atoms with Crippen LogP contribution in [0.25, 0.3) is 0 Å². The van der Waals surface area contributed by atoms with Crippen molar-refractivity contribution < 1.29 is 19.1 Å². The van der Waals surface area contributed by atoms with Gasteiger partial charge in [0.15, 0.2) is 5.78 Å². The Balaban J connectivity index is 1.59. The molecule has 0 radical (unpaired) electrons. The van der Waals surface area contributed by atoms with Crippen LogP contribution in [0.4, 0.5) is 5.69 Å². The number of carbonyl (C=O) groups is 2. The number of anilines is 1. The zero-order valence-corrected chi connectivity index (χ0v) is 16.9. The fourth-order valence-corrected chi connectivity index (χ4v) is 4.28. The van der Waals surface area contributed by atoms with Gasteiger partial charge < -0.3 is 14.4 Å². The van der Waals surface area contributed by atoms with Gasteiger partial charge >= 0.3 is 0 Å². The monoisotopic (exact) mass is 391 g/mol. The van der Waals surface area contributed by atoms with Crippen molar-refractivity contribution in [1.82, 2.24) is 0 Å². The van der Waals surface area contributed by atoms with Crippen molar-refractivity contribution in [3.05, 3.63) is 64.2 Å². The fraction of sp³-hybridized carbons (Fsp3) is 0.417. The number of fused-ring (bicyclic) bond motifs is 2. The van der Waals surface area contributed by atoms with Gasteiger partial charge in [-0.1, -0.05) is 18.2 Å². The second kappa shape index (κ2) is 6.78. The Bertz CT molecular complexity index is 1000. The molecule has 3 aliphatic rings. The van der Waals surface area contributed by atoms with E-state index in [0.29, 0.717) is 42.4 Å². The summed E-state index contributed by atoms with van der Waals surface area (Å²) in [7, 11) is 0. The molecule has 2 aliphatic heterocycles. The number of hydrogen-bond acceptors (Lipinski definition) is 4. The van der Waals surface area contributed by atoms with Crippen LogP contribution in [-0.4, -0.2) is 31.4 Å². The summed E-state index contributed by atoms with van der Waals surface area (Å²) < 4.78 is 11.9. The molecule has 0 N–H and O–H groups in total. The van der Waals surface area contributed by atoms with Gasteiger partial charge in [0.1, 0.15) is 0 Å². The van der Waals surface area contributed by atoms with Crippen molar-refractivity contribution in [3.63, 3.8) is 0 Å². The molecule has 2 aromatic rings. The summed E-state index contributed by atoms with van der Waals surface area (Å²) in [5.41, 5.74) is 4.77. The first kappa shape index (κ1) is 18.5. The van der Waals surface area contributed by atoms with Crippen LogP contribution < -0.4 is 4.90 Å². The van der Waals surface area contributed by atoms with Crippen LogP contribution in [0.1, 0.15) is 51.9 Å². The third kappa shape index (κ3) is 2.92. The van der Waals surface area contributed by atoms with E-state index in [-0.39, 0.29) is 11.7 Å². The van der Waals surface area contributed by atoms with Crippen LogP contribution in [-0.2, 0) is 20.1 Å². The van der Waals surface area contributed by atoms with Crippen LogP contribution in [0.2, 0.25) is 0 Å². The topological polar surface area (TPSA) is 55.8 Å². The summed E-state index contributed by atoms with van der Waals surface area (Å²) >= 11 is 0. The summed E-state index contributed by atoms with van der Waals surface area (Å²) in [4.78, 5) is 28.4. The largest absolute Gasteiger partial charge is 0.338 e. The van der Waals surface area contributed by atoms with E-state index in [1.807, 2.05) is 44.2 Å². The van der Waals surface area contributed by atoms with E-state index in [1.54, 1.807) is 11.0 Å². The smallest absolute Gasteiger partial charge is 0.292 e. The van der Waals surface area contributed by atoms with Gasteiger partial charge in [-0.05, 0) is 68.4 Å². The zero-order chi connectivity index (χ0) is 20.2. The second-order valence-electron chi connectivity index (χ2n) is 8.33. The normalized spacial score (nSPS) is 20.2. The minimum Gasteiger partial charge on any atom is -0.338 e. The molecule has 1 spiro atoms. The Morgan fingerprint density at radius 1 is 1.14 bits per heavy atom. The van der Waals surface area contributed by atoms with Crippen LogP contribution >= 0.6 is 0 Å². The van der Waals surface area contributed by atoms with E-state index in [9.17, 15) is 9.59 Å². The average Bonchev–Trinajstić information content (AvgIpc) is 3.54. The van der Waals surface area contributed by atoms with Crippen molar-refractivity contribution in [3.8, 4) is 0 Å². The number of amides is 1. The molecule has 0 aromatic heterocycles. The first-order valence-electron chi connectivity index (χ1n) is 10.4. The lowest BCUT2D eigenvalue weighted by molar-refractivity contribution is -0.256. The molecule has 0 atom stereocenters. The van der Waals surface area contributed by atoms with E-state index >= 15 is 0 Å². The predicted octanol–water partition coefficient (Wildman–Crippen LogP) is 3.88. The van der Waals surface area contributed by atoms with Gasteiger partial charge in [0.2, 0.25) is 0 Å². The number of aryl methyl sites for hydroxylation is 1. The number of ketones is 1. The van der Waals surface area contributed by atoms with Crippen LogP contribution in [0.15, 0.2) is 36.4 Å². The Morgan fingerprint density at radius 3 is 2.62 bits per heavy atom. The van der Waals surface area contributed by atoms with Crippen molar-refractivity contribution in [2.45, 2.75) is 38.9 Å². The Morgan fingerprint density at radius 2 is 1.90 bits per heavy atom. The minimum absolute atomic E-state index is 0.0481. The highest BCUT2D eigenvalue weighted by Gasteiger charge is 2.55. The van der Waals surface area contributed by atoms with Crippen LogP contribution in [0.5, 0.6) is 0 Å². The molecule has 1 saturated heterocycles. The molecule has 150 valence electrons. The van der Waals surface area contributed by atoms with Gasteiger partial charge in [-0.3, -0.25) is 9.59 Å². The van der Waals surface area contributed by atoms with Crippen LogP contribution in [0.3, 0.4) is 0 Å². The highest BCUT2D eigenvalue weighted by molar-refractivity contribution is 6.12. The molecule has 2 heterocycles. The van der Waals surface area contributed by atoms with Gasteiger partial charge in [-0.2, -0.15) is 0 Å². The fourth-order valence-electron chi connectivity index (χ4n) is 4.28. The van der Waals surface area contributed by atoms with E-state index in [2.05, 4.69) is 0 Å². The maximum atomic E-state index is 13.3. The molecule has 0 unspecified atom stereocenters. The molecule has 1 aliphatic carbocycles. The summed E-state index contributed by atoms with van der Waals surface area (Å²) in [6.07, 6.45) is 3.06. The molecule has 29 heavy (non-hydrogen) atoms. The van der Waals surface area contributed by atoms with Gasteiger partial charge in [-0.25, -0.2) is 0 Å². The highest BCUT2D eigenvalue weighted by atomic mass is 16.7. The molecule has 5 rings (SSSR count). The lowest BCUT2D eigenvalue weighted by Crippen LogP contribution is -2.47. The molecular formula is C24H25NO4. The first-order chi connectivity index (χ1) is 14.0. The molecule has 0 bridgehead atoms. The predicted molar refractivity (Wildman–Crippen MR) is 109 cm³/mol. The van der Waals surface area contributed by atoms with E-state index in [4.69, 9.17) is 9.47 Å². The van der Waals surface area contributed by atoms with Crippen LogP contribution in [0, 0.1) is 19.8 Å². The summed E-state index contributed by atoms with van der Waals surface area (Å²) in [6.45, 7) is 5.59. The summed E-state index contributed by atoms with van der Waals surface area (Å²) in [5.74, 6) is -1.06. The van der Waals surface area contributed by atoms with Gasteiger partial charge in [-0.15, -0.1) is 0 Å². The standard InChI is InChI=1S/C24H25NO4/c1-15-5-3-6-19(16(15)2)22(26)18-9-10-21-20(13-18)24(28-11-4-12-29-24)23(27)25(21)14-17-7-8-17/h3,5-6,9-10,13,17H,4,7-8,11-12,14H2,1-2H3. The lowest BCUT2D eigenvalue weighted by Gasteiger charge is -2.32.